The van der Waals surface area contributed by atoms with E-state index in [-0.39, 0.29) is 23.0 Å². The second kappa shape index (κ2) is 7.59. The van der Waals surface area contributed by atoms with E-state index < -0.39 is 11.9 Å². The highest BCUT2D eigenvalue weighted by Crippen LogP contribution is 2.47. The molecule has 2 aliphatic rings. The van der Waals surface area contributed by atoms with Crippen LogP contribution in [-0.2, 0) is 10.9 Å². The summed E-state index contributed by atoms with van der Waals surface area (Å²) in [6.45, 7) is 9.83. The summed E-state index contributed by atoms with van der Waals surface area (Å²) in [6, 6.07) is 3.79. The maximum Gasteiger partial charge on any atom is 0.433 e. The van der Waals surface area contributed by atoms with Gasteiger partial charge in [-0.1, -0.05) is 6.07 Å². The maximum absolute atomic E-state index is 12.8. The van der Waals surface area contributed by atoms with E-state index in [1.807, 2.05) is 0 Å². The second-order valence-corrected chi connectivity index (χ2v) is 8.85. The van der Waals surface area contributed by atoms with Gasteiger partial charge in [-0.25, -0.2) is 4.98 Å². The molecule has 1 aromatic heterocycles. The summed E-state index contributed by atoms with van der Waals surface area (Å²) in [7, 11) is 0. The number of hydrogen-bond donors (Lipinski definition) is 0. The van der Waals surface area contributed by atoms with Crippen LogP contribution in [0.1, 0.15) is 52.1 Å². The number of likely N-dealkylation sites (tertiary alicyclic amines) is 1. The number of hydrogen-bond acceptors (Lipinski definition) is 4. The van der Waals surface area contributed by atoms with Crippen molar-refractivity contribution in [2.24, 2.45) is 5.41 Å². The molecule has 0 unspecified atom stereocenters. The molecule has 0 atom stereocenters. The summed E-state index contributed by atoms with van der Waals surface area (Å²) in [6.07, 6.45) is -0.529. The van der Waals surface area contributed by atoms with Crippen molar-refractivity contribution in [2.45, 2.75) is 64.3 Å². The first-order chi connectivity index (χ1) is 12.5. The minimum absolute atomic E-state index is 0.0560. The first kappa shape index (κ1) is 20.4. The zero-order valence-corrected chi connectivity index (χ0v) is 16.3. The zero-order chi connectivity index (χ0) is 19.7. The number of aromatic nitrogens is 1. The van der Waals surface area contributed by atoms with Crippen LogP contribution in [0.3, 0.4) is 0 Å². The van der Waals surface area contributed by atoms with E-state index in [0.717, 1.165) is 45.1 Å². The lowest BCUT2D eigenvalue weighted by Crippen LogP contribution is -2.42. The van der Waals surface area contributed by atoms with Crippen molar-refractivity contribution >= 4 is 0 Å². The summed E-state index contributed by atoms with van der Waals surface area (Å²) >= 11 is 0. The van der Waals surface area contributed by atoms with Gasteiger partial charge in [0.1, 0.15) is 11.8 Å². The van der Waals surface area contributed by atoms with Crippen molar-refractivity contribution < 1.29 is 22.6 Å². The second-order valence-electron chi connectivity index (χ2n) is 8.85. The average molecular weight is 386 g/mol. The van der Waals surface area contributed by atoms with Crippen molar-refractivity contribution in [1.29, 1.82) is 0 Å². The predicted octanol–water partition coefficient (Wildman–Crippen LogP) is 4.54. The number of pyridine rings is 1. The average Bonchev–Trinajstić information content (AvgIpc) is 3.34. The molecule has 7 heteroatoms. The molecule has 152 valence electrons. The van der Waals surface area contributed by atoms with Crippen LogP contribution in [0.2, 0.25) is 0 Å². The molecule has 0 amide bonds. The smallest absolute Gasteiger partial charge is 0.433 e. The van der Waals surface area contributed by atoms with E-state index in [1.165, 1.54) is 25.0 Å². The fraction of sp³-hybridized carbons (Fsp3) is 0.750. The van der Waals surface area contributed by atoms with E-state index in [4.69, 9.17) is 9.47 Å². The fourth-order valence-corrected chi connectivity index (χ4v) is 3.36. The molecular weight excluding hydrogens is 357 g/mol. The molecule has 1 aliphatic heterocycles. The van der Waals surface area contributed by atoms with Crippen molar-refractivity contribution in [3.05, 3.63) is 23.9 Å². The number of alkyl halides is 3. The van der Waals surface area contributed by atoms with Crippen LogP contribution in [0.15, 0.2) is 18.2 Å². The van der Waals surface area contributed by atoms with Crippen molar-refractivity contribution in [1.82, 2.24) is 9.88 Å². The molecule has 2 heterocycles. The minimum Gasteiger partial charge on any atom is -0.474 e. The van der Waals surface area contributed by atoms with Crippen LogP contribution in [0.25, 0.3) is 0 Å². The van der Waals surface area contributed by atoms with Crippen LogP contribution >= 0.6 is 0 Å². The van der Waals surface area contributed by atoms with E-state index in [2.05, 4.69) is 30.7 Å². The van der Waals surface area contributed by atoms with Gasteiger partial charge in [-0.3, -0.25) is 0 Å². The summed E-state index contributed by atoms with van der Waals surface area (Å²) in [4.78, 5) is 6.03. The van der Waals surface area contributed by atoms with Crippen molar-refractivity contribution in [2.75, 3.05) is 26.2 Å². The Morgan fingerprint density at radius 3 is 2.37 bits per heavy atom. The highest BCUT2D eigenvalue weighted by molar-refractivity contribution is 5.18. The van der Waals surface area contributed by atoms with Crippen LogP contribution in [0, 0.1) is 5.41 Å². The zero-order valence-electron chi connectivity index (χ0n) is 16.3. The van der Waals surface area contributed by atoms with Gasteiger partial charge in [0.15, 0.2) is 0 Å². The van der Waals surface area contributed by atoms with Gasteiger partial charge in [-0.05, 0) is 52.5 Å². The lowest BCUT2D eigenvalue weighted by molar-refractivity contribution is -0.141. The summed E-state index contributed by atoms with van der Waals surface area (Å²) in [5, 5.41) is 0. The lowest BCUT2D eigenvalue weighted by Gasteiger charge is -2.35. The fourth-order valence-electron chi connectivity index (χ4n) is 3.36. The molecule has 1 aliphatic carbocycles. The molecule has 3 rings (SSSR count). The number of halogens is 3. The summed E-state index contributed by atoms with van der Waals surface area (Å²) in [5.41, 5.74) is -0.746. The van der Waals surface area contributed by atoms with E-state index in [0.29, 0.717) is 0 Å². The number of rotatable bonds is 6. The summed E-state index contributed by atoms with van der Waals surface area (Å²) < 4.78 is 50.0. The Bertz CT molecular complexity index is 631. The molecule has 27 heavy (non-hydrogen) atoms. The Hall–Kier alpha value is -1.34. The minimum atomic E-state index is -4.45. The SMILES string of the molecule is CC(C)(C)OCC1(CN2CCC(Oc3cccc(C(F)(F)F)n3)CC2)CC1. The van der Waals surface area contributed by atoms with Crippen LogP contribution in [0.4, 0.5) is 13.2 Å². The molecule has 0 bridgehead atoms. The molecule has 4 nitrogen and oxygen atoms in total. The van der Waals surface area contributed by atoms with Crippen LogP contribution < -0.4 is 4.74 Å². The van der Waals surface area contributed by atoms with Gasteiger partial charge in [0.2, 0.25) is 5.88 Å². The number of piperidine rings is 1. The molecule has 0 N–H and O–H groups in total. The third-order valence-corrected chi connectivity index (χ3v) is 5.16. The topological polar surface area (TPSA) is 34.6 Å². The van der Waals surface area contributed by atoms with Crippen molar-refractivity contribution in [3.63, 3.8) is 0 Å². The van der Waals surface area contributed by atoms with E-state index >= 15 is 0 Å². The van der Waals surface area contributed by atoms with Gasteiger partial charge in [0, 0.05) is 31.1 Å². The molecule has 0 aromatic carbocycles. The quantitative estimate of drug-likeness (QED) is 0.719. The monoisotopic (exact) mass is 386 g/mol. The predicted molar refractivity (Wildman–Crippen MR) is 96.7 cm³/mol. The van der Waals surface area contributed by atoms with Gasteiger partial charge >= 0.3 is 6.18 Å². The van der Waals surface area contributed by atoms with Gasteiger partial charge < -0.3 is 14.4 Å². The Kier molecular flexibility index (Phi) is 5.73. The van der Waals surface area contributed by atoms with Gasteiger partial charge in [0.05, 0.1) is 12.2 Å². The van der Waals surface area contributed by atoms with E-state index in [1.54, 1.807) is 0 Å². The van der Waals surface area contributed by atoms with E-state index in [9.17, 15) is 13.2 Å². The maximum atomic E-state index is 12.8. The Morgan fingerprint density at radius 2 is 1.81 bits per heavy atom. The molecule has 1 aromatic rings. The summed E-state index contributed by atoms with van der Waals surface area (Å²) in [5.74, 6) is 0.0560. The normalized spacial score (nSPS) is 21.3. The Balaban J connectivity index is 1.46. The first-order valence-electron chi connectivity index (χ1n) is 9.62. The Morgan fingerprint density at radius 1 is 1.15 bits per heavy atom. The van der Waals surface area contributed by atoms with Crippen LogP contribution in [0.5, 0.6) is 5.88 Å². The first-order valence-corrected chi connectivity index (χ1v) is 9.62. The van der Waals surface area contributed by atoms with Gasteiger partial charge in [-0.2, -0.15) is 13.2 Å². The molecule has 2 fully saturated rings. The van der Waals surface area contributed by atoms with Gasteiger partial charge in [-0.15, -0.1) is 0 Å². The number of ether oxygens (including phenoxy) is 2. The number of nitrogens with zero attached hydrogens (tertiary/aromatic N) is 2. The largest absolute Gasteiger partial charge is 0.474 e. The standard InChI is InChI=1S/C20H29F3N2O2/c1-18(2,3)26-14-19(9-10-19)13-25-11-7-15(8-12-25)27-17-6-4-5-16(24-17)20(21,22)23/h4-6,15H,7-14H2,1-3H3. The highest BCUT2D eigenvalue weighted by Gasteiger charge is 2.45. The lowest BCUT2D eigenvalue weighted by atomic mass is 10.0. The van der Waals surface area contributed by atoms with Crippen molar-refractivity contribution in [3.8, 4) is 5.88 Å². The Labute approximate surface area is 159 Å². The van der Waals surface area contributed by atoms with Gasteiger partial charge in [0.25, 0.3) is 0 Å². The molecular formula is C20H29F3N2O2. The molecule has 1 saturated heterocycles. The van der Waals surface area contributed by atoms with Crippen LogP contribution in [-0.4, -0.2) is 47.8 Å². The third kappa shape index (κ3) is 6.07. The third-order valence-electron chi connectivity index (χ3n) is 5.16. The molecule has 1 saturated carbocycles. The molecule has 0 radical (unpaired) electrons. The highest BCUT2D eigenvalue weighted by atomic mass is 19.4. The molecule has 0 spiro atoms.